The minimum absolute atomic E-state index is 0.0124. The molecule has 10 heteroatoms. The van der Waals surface area contributed by atoms with Crippen molar-refractivity contribution < 1.29 is 9.59 Å². The van der Waals surface area contributed by atoms with E-state index < -0.39 is 16.1 Å². The van der Waals surface area contributed by atoms with E-state index in [9.17, 15) is 20.1 Å². The fourth-order valence-electron chi connectivity index (χ4n) is 22.1. The molecule has 2 aromatic carbocycles. The second-order valence-electron chi connectivity index (χ2n) is 32.6. The molecule has 2 N–H and O–H groups in total. The van der Waals surface area contributed by atoms with E-state index in [0.29, 0.717) is 68.8 Å². The number of allylic oxidation sites excluding steroid dienone is 6. The van der Waals surface area contributed by atoms with Gasteiger partial charge < -0.3 is 10.6 Å². The van der Waals surface area contributed by atoms with Gasteiger partial charge in [-0.25, -0.2) is 0 Å². The summed E-state index contributed by atoms with van der Waals surface area (Å²) in [5.74, 6) is 11.5. The largest absolute Gasteiger partial charge is 0.320 e. The van der Waals surface area contributed by atoms with Crippen molar-refractivity contribution >= 4 is 61.1 Å². The summed E-state index contributed by atoms with van der Waals surface area (Å²) < 4.78 is 0. The first-order chi connectivity index (χ1) is 43.8. The second-order valence-corrected chi connectivity index (χ2v) is 43.7. The molecular weight excluding hydrogens is 1160 g/mol. The van der Waals surface area contributed by atoms with Crippen LogP contribution in [0.1, 0.15) is 201 Å². The highest BCUT2D eigenvalue weighted by molar-refractivity contribution is 6.91. The van der Waals surface area contributed by atoms with Crippen molar-refractivity contribution in [1.82, 2.24) is 9.97 Å². The van der Waals surface area contributed by atoms with E-state index in [-0.39, 0.29) is 45.3 Å². The molecule has 2 heterocycles. The fraction of sp³-hybridized carbons (Fsp3) is 0.585. The summed E-state index contributed by atoms with van der Waals surface area (Å²) >= 11 is 0. The lowest BCUT2D eigenvalue weighted by Gasteiger charge is -2.57. The van der Waals surface area contributed by atoms with E-state index in [1.807, 2.05) is 60.7 Å². The lowest BCUT2D eigenvalue weighted by molar-refractivity contribution is -0.114. The van der Waals surface area contributed by atoms with Crippen LogP contribution in [0, 0.1) is 115 Å². The summed E-state index contributed by atoms with van der Waals surface area (Å²) in [4.78, 5) is 37.9. The predicted octanol–water partition coefficient (Wildman–Crippen LogP) is 20.8. The number of benzene rings is 2. The van der Waals surface area contributed by atoms with Gasteiger partial charge in [0.2, 0.25) is 0 Å². The third kappa shape index (κ3) is 11.0. The molecule has 0 saturated heterocycles. The monoisotopic (exact) mass is 1260 g/mol. The van der Waals surface area contributed by atoms with Gasteiger partial charge in [0.25, 0.3) is 11.8 Å². The molecule has 2 aromatic heterocycles. The zero-order valence-corrected chi connectivity index (χ0v) is 60.7. The Hall–Kier alpha value is -6.31. The number of carbonyl (C=O) groups is 2. The van der Waals surface area contributed by atoms with Gasteiger partial charge in [-0.15, -0.1) is 11.1 Å². The first kappa shape index (κ1) is 67.1. The first-order valence-electron chi connectivity index (χ1n) is 35.8. The number of para-hydroxylation sites is 2. The van der Waals surface area contributed by atoms with E-state index in [4.69, 9.17) is 0 Å². The second kappa shape index (κ2) is 25.8. The van der Waals surface area contributed by atoms with Gasteiger partial charge in [0, 0.05) is 45.5 Å². The van der Waals surface area contributed by atoms with Crippen LogP contribution in [-0.4, -0.2) is 37.9 Å². The number of anilines is 2. The first-order valence-corrected chi connectivity index (χ1v) is 40.3. The van der Waals surface area contributed by atoms with E-state index in [1.165, 1.54) is 24.0 Å². The molecule has 2 amide bonds. The quantitative estimate of drug-likeness (QED) is 0.120. The van der Waals surface area contributed by atoms with E-state index in [1.54, 1.807) is 12.4 Å². The smallest absolute Gasteiger partial charge is 0.252 e. The molecule has 12 atom stereocenters. The van der Waals surface area contributed by atoms with Crippen LogP contribution in [0.3, 0.4) is 0 Å². The van der Waals surface area contributed by atoms with Crippen LogP contribution in [0.2, 0.25) is 33.2 Å². The van der Waals surface area contributed by atoms with E-state index >= 15 is 0 Å². The summed E-state index contributed by atoms with van der Waals surface area (Å²) in [7, 11) is -4.07. The summed E-state index contributed by atoms with van der Waals surface area (Å²) in [6.45, 7) is 38.1. The molecule has 0 bridgehead atoms. The lowest BCUT2D eigenvalue weighted by atomic mass is 9.47. The van der Waals surface area contributed by atoms with Crippen molar-refractivity contribution in [1.29, 1.82) is 10.5 Å². The van der Waals surface area contributed by atoms with E-state index in [0.717, 1.165) is 133 Å². The van der Waals surface area contributed by atoms with Gasteiger partial charge in [-0.2, -0.15) is 10.5 Å². The Morgan fingerprint density at radius 1 is 0.489 bits per heavy atom. The number of rotatable bonds is 10. The molecule has 8 aliphatic carbocycles. The van der Waals surface area contributed by atoms with Crippen LogP contribution in [-0.2, 0) is 9.59 Å². The summed E-state index contributed by atoms with van der Waals surface area (Å²) in [6, 6.07) is 25.3. The van der Waals surface area contributed by atoms with Crippen LogP contribution in [0.5, 0.6) is 0 Å². The van der Waals surface area contributed by atoms with Gasteiger partial charge in [-0.05, 0) is 216 Å². The molecule has 0 spiro atoms. The minimum Gasteiger partial charge on any atom is -0.320 e. The molecular formula is C82H106N6O2Si2. The number of fused-ring (bicyclic) bond motifs is 12. The standard InChI is InChI=1S/2C41H53N3OSi/c2*1-26(2)46(27(3)4,28(5)6)24-20-31-32(39(45)44-37-13-9-11-29-12-10-23-43-38(29)37)18-21-41(8)34(31)17-15-33-35-16-14-30(25-42)40(35,7)22-19-36(33)41/h2*9-13,17,23,26-28,30,33,35-36H,14-16,18-19,21-22H2,1-8H3,(H,44,45)/t2*30-,33+,35+,36+,40-,41+/m11/s1. The van der Waals surface area contributed by atoms with Crippen molar-refractivity contribution in [2.45, 2.75) is 234 Å². The Morgan fingerprint density at radius 2 is 0.848 bits per heavy atom. The average Bonchev–Trinajstić information content (AvgIpc) is 1.14. The molecule has 4 saturated carbocycles. The number of nitriles is 2. The van der Waals surface area contributed by atoms with Crippen molar-refractivity contribution in [3.05, 3.63) is 119 Å². The van der Waals surface area contributed by atoms with Crippen molar-refractivity contribution in [3.63, 3.8) is 0 Å². The highest BCUT2D eigenvalue weighted by Crippen LogP contribution is 2.69. The highest BCUT2D eigenvalue weighted by atomic mass is 28.3. The Bertz CT molecular complexity index is 3600. The summed E-state index contributed by atoms with van der Waals surface area (Å²) in [5, 5.41) is 28.6. The molecule has 0 unspecified atom stereocenters. The maximum atomic E-state index is 14.4. The number of hydrogen-bond donors (Lipinski definition) is 2. The number of amides is 2. The van der Waals surface area contributed by atoms with Gasteiger partial charge in [0.15, 0.2) is 0 Å². The minimum atomic E-state index is -2.04. The van der Waals surface area contributed by atoms with Crippen molar-refractivity contribution in [2.75, 3.05) is 10.6 Å². The average molecular weight is 1260 g/mol. The zero-order valence-electron chi connectivity index (χ0n) is 58.7. The summed E-state index contributed by atoms with van der Waals surface area (Å²) in [6.07, 6.45) is 23.1. The normalized spacial score (nSPS) is 30.7. The predicted molar refractivity (Wildman–Crippen MR) is 385 cm³/mol. The van der Waals surface area contributed by atoms with E-state index in [2.05, 4.69) is 179 Å². The summed E-state index contributed by atoms with van der Waals surface area (Å²) in [5.41, 5.74) is 20.9. The lowest BCUT2D eigenvalue weighted by Crippen LogP contribution is -2.50. The number of aromatic nitrogens is 2. The molecule has 8 nitrogen and oxygen atoms in total. The Kier molecular flexibility index (Phi) is 18.8. The van der Waals surface area contributed by atoms with Gasteiger partial charge in [0.1, 0.15) is 16.1 Å². The molecule has 0 radical (unpaired) electrons. The van der Waals surface area contributed by atoms with Crippen LogP contribution in [0.15, 0.2) is 119 Å². The maximum Gasteiger partial charge on any atom is 0.252 e. The number of carbonyl (C=O) groups excluding carboxylic acids is 2. The molecule has 484 valence electrons. The Labute approximate surface area is 555 Å². The maximum absolute atomic E-state index is 14.4. The van der Waals surface area contributed by atoms with Crippen LogP contribution >= 0.6 is 0 Å². The Balaban J connectivity index is 0.000000188. The van der Waals surface area contributed by atoms with Crippen LogP contribution < -0.4 is 10.6 Å². The number of hydrogen-bond acceptors (Lipinski definition) is 6. The molecule has 92 heavy (non-hydrogen) atoms. The molecule has 4 aromatic rings. The van der Waals surface area contributed by atoms with Gasteiger partial charge >= 0.3 is 0 Å². The third-order valence-corrected chi connectivity index (χ3v) is 39.6. The third-order valence-electron chi connectivity index (χ3n) is 27.0. The Morgan fingerprint density at radius 3 is 1.20 bits per heavy atom. The highest BCUT2D eigenvalue weighted by Gasteiger charge is 2.61. The molecule has 0 aliphatic heterocycles. The van der Waals surface area contributed by atoms with Gasteiger partial charge in [-0.1, -0.05) is 171 Å². The van der Waals surface area contributed by atoms with Crippen molar-refractivity contribution in [3.8, 4) is 35.1 Å². The zero-order chi connectivity index (χ0) is 66.0. The fourth-order valence-corrected chi connectivity index (χ4v) is 32.5. The molecule has 12 rings (SSSR count). The van der Waals surface area contributed by atoms with Crippen LogP contribution in [0.4, 0.5) is 11.4 Å². The van der Waals surface area contributed by atoms with Crippen LogP contribution in [0.25, 0.3) is 21.8 Å². The topological polar surface area (TPSA) is 132 Å². The molecule has 4 fully saturated rings. The SMILES string of the molecule is CC(C)[Si](C#CC1=C(C(=O)Nc2cccc3cccnc23)CC[C@@]2(C)C1=CC[C@H]1[C@@H]3CC[C@H](C#N)[C@@]3(C)CC[C@@H]12)(C(C)C)C(C)C.CC(C)[Si](C#CC1=C(C(=O)Nc2cccc3cccnc23)CC[C@@]2(C)C1=CC[C@H]1[C@@H]3CC[C@H](C#N)[C@@]3(C)CC[C@@H]12)(C(C)C)C(C)C. The van der Waals surface area contributed by atoms with Gasteiger partial charge in [-0.3, -0.25) is 19.6 Å². The van der Waals surface area contributed by atoms with Gasteiger partial charge in [0.05, 0.1) is 46.4 Å². The molecule has 8 aliphatic rings. The van der Waals surface area contributed by atoms with Crippen molar-refractivity contribution in [2.24, 2.45) is 69.0 Å². The number of pyridine rings is 2. The number of nitrogens with zero attached hydrogens (tertiary/aromatic N) is 4. The number of nitrogens with one attached hydrogen (secondary N) is 2.